The first kappa shape index (κ1) is 17.3. The molecule has 0 saturated carbocycles. The molecule has 1 aliphatic rings. The number of nitrogens with zero attached hydrogens (tertiary/aromatic N) is 4. The molecule has 0 atom stereocenters. The van der Waals surface area contributed by atoms with Gasteiger partial charge in [0.1, 0.15) is 11.6 Å². The Morgan fingerprint density at radius 3 is 2.76 bits per heavy atom. The summed E-state index contributed by atoms with van der Waals surface area (Å²) in [5.74, 6) is 0.769. The summed E-state index contributed by atoms with van der Waals surface area (Å²) in [4.78, 5) is 25.3. The minimum atomic E-state index is -0.265. The fourth-order valence-electron chi connectivity index (χ4n) is 3.27. The van der Waals surface area contributed by atoms with Gasteiger partial charge in [-0.2, -0.15) is 0 Å². The Kier molecular flexibility index (Phi) is 5.58. The summed E-state index contributed by atoms with van der Waals surface area (Å²) >= 11 is 0. The molecule has 0 bridgehead atoms. The van der Waals surface area contributed by atoms with Crippen molar-refractivity contribution < 1.29 is 9.18 Å². The van der Waals surface area contributed by atoms with E-state index < -0.39 is 0 Å². The molecule has 1 aliphatic heterocycles. The molecule has 1 aromatic heterocycles. The molecule has 132 valence electrons. The van der Waals surface area contributed by atoms with Crippen LogP contribution < -0.4 is 4.90 Å². The second-order valence-corrected chi connectivity index (χ2v) is 6.31. The molecule has 0 aliphatic carbocycles. The first-order valence-corrected chi connectivity index (χ1v) is 8.71. The first-order chi connectivity index (χ1) is 12.2. The number of anilines is 1. The fourth-order valence-corrected chi connectivity index (χ4v) is 3.27. The Morgan fingerprint density at radius 2 is 2.12 bits per heavy atom. The summed E-state index contributed by atoms with van der Waals surface area (Å²) in [5, 5.41) is 0. The van der Waals surface area contributed by atoms with E-state index in [0.29, 0.717) is 13.1 Å². The van der Waals surface area contributed by atoms with Crippen LogP contribution in [-0.4, -0.2) is 40.4 Å². The summed E-state index contributed by atoms with van der Waals surface area (Å²) in [5.41, 5.74) is 0.826. The molecule has 0 N–H and O–H groups in total. The Morgan fingerprint density at radius 1 is 1.32 bits per heavy atom. The SMILES string of the molecule is CCN(Cc1cccc(F)c1)C(=O)C1CCN(c2cnccn2)CC1. The number of carbonyl (C=O) groups excluding carboxylic acids is 1. The molecule has 0 radical (unpaired) electrons. The van der Waals surface area contributed by atoms with Gasteiger partial charge in [-0.3, -0.25) is 9.78 Å². The molecule has 0 spiro atoms. The van der Waals surface area contributed by atoms with E-state index in [1.807, 2.05) is 17.9 Å². The van der Waals surface area contributed by atoms with E-state index in [2.05, 4.69) is 14.9 Å². The van der Waals surface area contributed by atoms with Gasteiger partial charge < -0.3 is 9.80 Å². The molecule has 2 aromatic rings. The third-order valence-electron chi connectivity index (χ3n) is 4.67. The second kappa shape index (κ2) is 8.05. The van der Waals surface area contributed by atoms with E-state index in [1.54, 1.807) is 24.7 Å². The number of piperidine rings is 1. The molecule has 0 unspecified atom stereocenters. The van der Waals surface area contributed by atoms with Gasteiger partial charge >= 0.3 is 0 Å². The zero-order valence-corrected chi connectivity index (χ0v) is 14.4. The third kappa shape index (κ3) is 4.32. The van der Waals surface area contributed by atoms with Crippen LogP contribution in [0.1, 0.15) is 25.3 Å². The second-order valence-electron chi connectivity index (χ2n) is 6.31. The van der Waals surface area contributed by atoms with Crippen molar-refractivity contribution in [2.45, 2.75) is 26.3 Å². The molecule has 6 heteroatoms. The van der Waals surface area contributed by atoms with Crippen molar-refractivity contribution in [2.24, 2.45) is 5.92 Å². The Labute approximate surface area is 147 Å². The average molecular weight is 342 g/mol. The highest BCUT2D eigenvalue weighted by atomic mass is 19.1. The van der Waals surface area contributed by atoms with Gasteiger partial charge in [-0.15, -0.1) is 0 Å². The van der Waals surface area contributed by atoms with Crippen molar-refractivity contribution in [2.75, 3.05) is 24.5 Å². The minimum absolute atomic E-state index is 0.0152. The van der Waals surface area contributed by atoms with E-state index in [9.17, 15) is 9.18 Å². The van der Waals surface area contributed by atoms with Crippen LogP contribution in [0.2, 0.25) is 0 Å². The summed E-state index contributed by atoms with van der Waals surface area (Å²) < 4.78 is 13.4. The monoisotopic (exact) mass is 342 g/mol. The summed E-state index contributed by atoms with van der Waals surface area (Å²) in [6.45, 7) is 4.64. The zero-order chi connectivity index (χ0) is 17.6. The standard InChI is InChI=1S/C19H23FN4O/c1-2-23(14-15-4-3-5-17(20)12-15)19(25)16-6-10-24(11-7-16)18-13-21-8-9-22-18/h3-5,8-9,12-13,16H,2,6-7,10-11,14H2,1H3. The van der Waals surface area contributed by atoms with Gasteiger partial charge in [0.25, 0.3) is 0 Å². The van der Waals surface area contributed by atoms with E-state index in [0.717, 1.165) is 37.3 Å². The molecular formula is C19H23FN4O. The smallest absolute Gasteiger partial charge is 0.226 e. The predicted octanol–water partition coefficient (Wildman–Crippen LogP) is 2.88. The molecule has 2 heterocycles. The molecule has 3 rings (SSSR count). The maximum Gasteiger partial charge on any atom is 0.226 e. The van der Waals surface area contributed by atoms with Crippen LogP contribution in [-0.2, 0) is 11.3 Å². The summed E-state index contributed by atoms with van der Waals surface area (Å²) in [6.07, 6.45) is 6.70. The van der Waals surface area contributed by atoms with Gasteiger partial charge in [-0.05, 0) is 37.5 Å². The number of amides is 1. The third-order valence-corrected chi connectivity index (χ3v) is 4.67. The lowest BCUT2D eigenvalue weighted by Crippen LogP contribution is -2.42. The van der Waals surface area contributed by atoms with Crippen LogP contribution in [0, 0.1) is 11.7 Å². The number of carbonyl (C=O) groups is 1. The van der Waals surface area contributed by atoms with Crippen molar-refractivity contribution in [3.8, 4) is 0 Å². The van der Waals surface area contributed by atoms with E-state index in [1.165, 1.54) is 12.1 Å². The van der Waals surface area contributed by atoms with Crippen LogP contribution in [0.4, 0.5) is 10.2 Å². The van der Waals surface area contributed by atoms with Crippen molar-refractivity contribution in [3.63, 3.8) is 0 Å². The lowest BCUT2D eigenvalue weighted by molar-refractivity contribution is -0.136. The maximum atomic E-state index is 13.4. The molecule has 1 fully saturated rings. The first-order valence-electron chi connectivity index (χ1n) is 8.71. The van der Waals surface area contributed by atoms with Crippen LogP contribution in [0.3, 0.4) is 0 Å². The number of hydrogen-bond donors (Lipinski definition) is 0. The number of aromatic nitrogens is 2. The Hall–Kier alpha value is -2.50. The molecule has 1 aromatic carbocycles. The van der Waals surface area contributed by atoms with Crippen molar-refractivity contribution in [1.82, 2.24) is 14.9 Å². The highest BCUT2D eigenvalue weighted by Gasteiger charge is 2.28. The molecule has 1 saturated heterocycles. The van der Waals surface area contributed by atoms with Crippen molar-refractivity contribution in [1.29, 1.82) is 0 Å². The number of halogens is 1. The minimum Gasteiger partial charge on any atom is -0.355 e. The highest BCUT2D eigenvalue weighted by Crippen LogP contribution is 2.23. The number of rotatable bonds is 5. The number of hydrogen-bond acceptors (Lipinski definition) is 4. The lowest BCUT2D eigenvalue weighted by atomic mass is 9.95. The Balaban J connectivity index is 1.59. The van der Waals surface area contributed by atoms with Gasteiger partial charge in [-0.1, -0.05) is 12.1 Å². The largest absolute Gasteiger partial charge is 0.355 e. The molecular weight excluding hydrogens is 319 g/mol. The zero-order valence-electron chi connectivity index (χ0n) is 14.4. The Bertz CT molecular complexity index is 702. The van der Waals surface area contributed by atoms with Crippen molar-refractivity contribution in [3.05, 3.63) is 54.2 Å². The lowest BCUT2D eigenvalue weighted by Gasteiger charge is -2.34. The molecule has 5 nitrogen and oxygen atoms in total. The normalized spacial score (nSPS) is 15.2. The quantitative estimate of drug-likeness (QED) is 0.838. The van der Waals surface area contributed by atoms with Crippen LogP contribution >= 0.6 is 0 Å². The van der Waals surface area contributed by atoms with E-state index in [-0.39, 0.29) is 17.6 Å². The number of benzene rings is 1. The highest BCUT2D eigenvalue weighted by molar-refractivity contribution is 5.79. The van der Waals surface area contributed by atoms with Gasteiger partial charge in [0.15, 0.2) is 0 Å². The van der Waals surface area contributed by atoms with Gasteiger partial charge in [0.2, 0.25) is 5.91 Å². The van der Waals surface area contributed by atoms with Gasteiger partial charge in [0, 0.05) is 44.5 Å². The molecule has 1 amide bonds. The summed E-state index contributed by atoms with van der Waals surface area (Å²) in [6, 6.07) is 6.45. The molecule has 25 heavy (non-hydrogen) atoms. The predicted molar refractivity (Wildman–Crippen MR) is 94.5 cm³/mol. The average Bonchev–Trinajstić information content (AvgIpc) is 2.66. The van der Waals surface area contributed by atoms with Crippen LogP contribution in [0.15, 0.2) is 42.9 Å². The van der Waals surface area contributed by atoms with Crippen LogP contribution in [0.5, 0.6) is 0 Å². The van der Waals surface area contributed by atoms with Gasteiger partial charge in [-0.25, -0.2) is 9.37 Å². The topological polar surface area (TPSA) is 49.3 Å². The maximum absolute atomic E-state index is 13.4. The fraction of sp³-hybridized carbons (Fsp3) is 0.421. The van der Waals surface area contributed by atoms with E-state index in [4.69, 9.17) is 0 Å². The van der Waals surface area contributed by atoms with E-state index >= 15 is 0 Å². The van der Waals surface area contributed by atoms with Gasteiger partial charge in [0.05, 0.1) is 6.20 Å². The van der Waals surface area contributed by atoms with Crippen molar-refractivity contribution >= 4 is 11.7 Å². The van der Waals surface area contributed by atoms with Crippen LogP contribution in [0.25, 0.3) is 0 Å². The summed E-state index contributed by atoms with van der Waals surface area (Å²) in [7, 11) is 0.